The van der Waals surface area contributed by atoms with Crippen molar-refractivity contribution in [2.75, 3.05) is 13.1 Å². The van der Waals surface area contributed by atoms with E-state index >= 15 is 0 Å². The summed E-state index contributed by atoms with van der Waals surface area (Å²) in [7, 11) is 0. The van der Waals surface area contributed by atoms with Gasteiger partial charge in [-0.2, -0.15) is 0 Å². The van der Waals surface area contributed by atoms with Gasteiger partial charge < -0.3 is 14.2 Å². The number of carbonyl (C=O) groups excluding carboxylic acids is 1. The standard InChI is InChI=1S/C17H18BrN3O3/c18-11-5-6-15(19-9-11)23-12-7-8-21(10-12)17(22)16-13-3-1-2-4-14(13)24-20-16/h5-6,9,12H,1-4,7-8,10H2. The van der Waals surface area contributed by atoms with Crippen LogP contribution in [0.25, 0.3) is 0 Å². The van der Waals surface area contributed by atoms with E-state index in [-0.39, 0.29) is 12.0 Å². The normalized spacial score (nSPS) is 20.0. The smallest absolute Gasteiger partial charge is 0.276 e. The fourth-order valence-electron chi connectivity index (χ4n) is 3.31. The molecule has 1 unspecified atom stereocenters. The van der Waals surface area contributed by atoms with Gasteiger partial charge in [0.15, 0.2) is 5.69 Å². The van der Waals surface area contributed by atoms with Crippen molar-refractivity contribution in [2.45, 2.75) is 38.2 Å². The number of fused-ring (bicyclic) bond motifs is 1. The van der Waals surface area contributed by atoms with Crippen molar-refractivity contribution in [1.29, 1.82) is 0 Å². The lowest BCUT2D eigenvalue weighted by Crippen LogP contribution is -2.32. The highest BCUT2D eigenvalue weighted by Crippen LogP contribution is 2.26. The number of likely N-dealkylation sites (tertiary alicyclic amines) is 1. The molecular weight excluding hydrogens is 374 g/mol. The molecule has 2 aromatic rings. The van der Waals surface area contributed by atoms with Crippen LogP contribution in [0.15, 0.2) is 27.3 Å². The van der Waals surface area contributed by atoms with Gasteiger partial charge in [0.05, 0.1) is 6.54 Å². The van der Waals surface area contributed by atoms with E-state index in [1.54, 1.807) is 11.1 Å². The highest BCUT2D eigenvalue weighted by molar-refractivity contribution is 9.10. The lowest BCUT2D eigenvalue weighted by molar-refractivity contribution is 0.0760. The second kappa shape index (κ2) is 6.55. The first-order valence-corrected chi connectivity index (χ1v) is 9.05. The number of aryl methyl sites for hydroxylation is 1. The molecule has 6 nitrogen and oxygen atoms in total. The number of hydrogen-bond donors (Lipinski definition) is 0. The SMILES string of the molecule is O=C(c1noc2c1CCCC2)N1CCC(Oc2ccc(Br)cn2)C1. The zero-order chi connectivity index (χ0) is 16.5. The zero-order valence-electron chi connectivity index (χ0n) is 13.2. The summed E-state index contributed by atoms with van der Waals surface area (Å²) < 4.78 is 12.1. The van der Waals surface area contributed by atoms with Crippen LogP contribution in [0.2, 0.25) is 0 Å². The van der Waals surface area contributed by atoms with E-state index in [9.17, 15) is 4.79 Å². The molecule has 24 heavy (non-hydrogen) atoms. The van der Waals surface area contributed by atoms with Crippen LogP contribution in [-0.2, 0) is 12.8 Å². The number of amides is 1. The third-order valence-electron chi connectivity index (χ3n) is 4.57. The molecule has 2 aliphatic rings. The third-order valence-corrected chi connectivity index (χ3v) is 5.04. The molecule has 1 saturated heterocycles. The van der Waals surface area contributed by atoms with Crippen LogP contribution >= 0.6 is 15.9 Å². The maximum atomic E-state index is 12.7. The summed E-state index contributed by atoms with van der Waals surface area (Å²) in [6.07, 6.45) is 6.43. The Hall–Kier alpha value is -1.89. The minimum Gasteiger partial charge on any atom is -0.472 e. The lowest BCUT2D eigenvalue weighted by atomic mass is 9.96. The molecule has 2 aromatic heterocycles. The summed E-state index contributed by atoms with van der Waals surface area (Å²) in [5.41, 5.74) is 1.50. The predicted octanol–water partition coefficient (Wildman–Crippen LogP) is 3.00. The molecule has 0 spiro atoms. The highest BCUT2D eigenvalue weighted by atomic mass is 79.9. The van der Waals surface area contributed by atoms with Crippen molar-refractivity contribution in [3.8, 4) is 5.88 Å². The molecule has 0 aromatic carbocycles. The number of ether oxygens (including phenoxy) is 1. The predicted molar refractivity (Wildman–Crippen MR) is 90.0 cm³/mol. The Balaban J connectivity index is 1.42. The summed E-state index contributed by atoms with van der Waals surface area (Å²) in [6.45, 7) is 1.22. The minimum atomic E-state index is -0.0447. The van der Waals surface area contributed by atoms with Crippen LogP contribution in [0.5, 0.6) is 5.88 Å². The molecule has 1 aliphatic carbocycles. The van der Waals surface area contributed by atoms with Crippen molar-refractivity contribution >= 4 is 21.8 Å². The molecule has 0 N–H and O–H groups in total. The van der Waals surface area contributed by atoms with Crippen molar-refractivity contribution in [3.05, 3.63) is 39.8 Å². The van der Waals surface area contributed by atoms with Crippen LogP contribution < -0.4 is 4.74 Å². The van der Waals surface area contributed by atoms with E-state index in [2.05, 4.69) is 26.1 Å². The van der Waals surface area contributed by atoms with Crippen LogP contribution in [-0.4, -0.2) is 40.1 Å². The third kappa shape index (κ3) is 3.05. The first kappa shape index (κ1) is 15.6. The number of aromatic nitrogens is 2. The first-order valence-electron chi connectivity index (χ1n) is 8.25. The molecule has 1 aliphatic heterocycles. The monoisotopic (exact) mass is 391 g/mol. The van der Waals surface area contributed by atoms with Crippen LogP contribution in [0.1, 0.15) is 41.1 Å². The topological polar surface area (TPSA) is 68.5 Å². The van der Waals surface area contributed by atoms with Crippen LogP contribution in [0, 0.1) is 0 Å². The molecule has 0 saturated carbocycles. The Morgan fingerprint density at radius 3 is 3.04 bits per heavy atom. The van der Waals surface area contributed by atoms with Gasteiger partial charge in [-0.15, -0.1) is 0 Å². The first-order chi connectivity index (χ1) is 11.7. The summed E-state index contributed by atoms with van der Waals surface area (Å²) >= 11 is 3.35. The van der Waals surface area contributed by atoms with E-state index in [1.165, 1.54) is 0 Å². The van der Waals surface area contributed by atoms with Gasteiger partial charge in [-0.25, -0.2) is 4.98 Å². The Morgan fingerprint density at radius 1 is 1.33 bits per heavy atom. The van der Waals surface area contributed by atoms with Gasteiger partial charge >= 0.3 is 0 Å². The number of rotatable bonds is 3. The summed E-state index contributed by atoms with van der Waals surface area (Å²) in [4.78, 5) is 18.8. The van der Waals surface area contributed by atoms with E-state index in [4.69, 9.17) is 9.26 Å². The molecule has 3 heterocycles. The van der Waals surface area contributed by atoms with Gasteiger partial charge in [0.25, 0.3) is 5.91 Å². The average molecular weight is 392 g/mol. The molecule has 1 atom stereocenters. The zero-order valence-corrected chi connectivity index (χ0v) is 14.8. The quantitative estimate of drug-likeness (QED) is 0.804. The van der Waals surface area contributed by atoms with Gasteiger partial charge in [-0.05, 0) is 41.3 Å². The number of carbonyl (C=O) groups is 1. The van der Waals surface area contributed by atoms with E-state index in [1.807, 2.05) is 12.1 Å². The van der Waals surface area contributed by atoms with Gasteiger partial charge in [0.1, 0.15) is 11.9 Å². The van der Waals surface area contributed by atoms with Gasteiger partial charge in [0, 0.05) is 41.7 Å². The molecule has 0 radical (unpaired) electrons. The van der Waals surface area contributed by atoms with Crippen LogP contribution in [0.4, 0.5) is 0 Å². The van der Waals surface area contributed by atoms with Crippen molar-refractivity contribution in [2.24, 2.45) is 0 Å². The second-order valence-electron chi connectivity index (χ2n) is 6.23. The molecular formula is C17H18BrN3O3. The molecule has 1 amide bonds. The Labute approximate surface area is 148 Å². The molecule has 1 fully saturated rings. The average Bonchev–Trinajstić information content (AvgIpc) is 3.23. The number of hydrogen-bond acceptors (Lipinski definition) is 5. The van der Waals surface area contributed by atoms with E-state index in [0.29, 0.717) is 24.7 Å². The van der Waals surface area contributed by atoms with Crippen molar-refractivity contribution in [1.82, 2.24) is 15.0 Å². The highest BCUT2D eigenvalue weighted by Gasteiger charge is 2.33. The molecule has 7 heteroatoms. The Bertz CT molecular complexity index is 744. The fraction of sp³-hybridized carbons (Fsp3) is 0.471. The fourth-order valence-corrected chi connectivity index (χ4v) is 3.55. The summed E-state index contributed by atoms with van der Waals surface area (Å²) in [5, 5.41) is 4.04. The second-order valence-corrected chi connectivity index (χ2v) is 7.15. The van der Waals surface area contributed by atoms with Crippen LogP contribution in [0.3, 0.4) is 0 Å². The summed E-state index contributed by atoms with van der Waals surface area (Å²) in [6, 6.07) is 3.71. The lowest BCUT2D eigenvalue weighted by Gasteiger charge is -2.17. The van der Waals surface area contributed by atoms with Gasteiger partial charge in [-0.3, -0.25) is 4.79 Å². The summed E-state index contributed by atoms with van der Waals surface area (Å²) in [5.74, 6) is 1.42. The molecule has 0 bridgehead atoms. The Kier molecular flexibility index (Phi) is 4.26. The maximum absolute atomic E-state index is 12.7. The van der Waals surface area contributed by atoms with E-state index in [0.717, 1.165) is 47.9 Å². The Morgan fingerprint density at radius 2 is 2.21 bits per heavy atom. The number of nitrogens with zero attached hydrogens (tertiary/aromatic N) is 3. The number of halogens is 1. The van der Waals surface area contributed by atoms with Gasteiger partial charge in [0.2, 0.25) is 5.88 Å². The van der Waals surface area contributed by atoms with Crippen molar-refractivity contribution in [3.63, 3.8) is 0 Å². The van der Waals surface area contributed by atoms with Gasteiger partial charge in [-0.1, -0.05) is 5.16 Å². The molecule has 126 valence electrons. The van der Waals surface area contributed by atoms with Crippen molar-refractivity contribution < 1.29 is 14.1 Å². The maximum Gasteiger partial charge on any atom is 0.276 e. The largest absolute Gasteiger partial charge is 0.472 e. The minimum absolute atomic E-state index is 0.0367. The van der Waals surface area contributed by atoms with E-state index < -0.39 is 0 Å². The molecule has 4 rings (SSSR count). The number of pyridine rings is 1.